The number of esters is 1. The zero-order valence-corrected chi connectivity index (χ0v) is 20.3. The number of cyclic esters (lactones) is 1. The zero-order chi connectivity index (χ0) is 25.5. The summed E-state index contributed by atoms with van der Waals surface area (Å²) in [4.78, 5) is 43.2. The highest BCUT2D eigenvalue weighted by atomic mass is 19.1. The first-order valence-electron chi connectivity index (χ1n) is 12.3. The summed E-state index contributed by atoms with van der Waals surface area (Å²) < 4.78 is 21.6. The number of nitrogens with one attached hydrogen (secondary N) is 1. The molecule has 2 aliphatic heterocycles. The fraction of sp³-hybridized carbons (Fsp3) is 0.407. The first-order chi connectivity index (χ1) is 17.2. The second-order valence-electron chi connectivity index (χ2n) is 9.82. The van der Waals surface area contributed by atoms with E-state index in [1.54, 1.807) is 31.4 Å². The van der Waals surface area contributed by atoms with E-state index in [2.05, 4.69) is 5.32 Å². The van der Waals surface area contributed by atoms with Crippen LogP contribution in [0.1, 0.15) is 72.5 Å². The van der Waals surface area contributed by atoms with Crippen molar-refractivity contribution in [3.05, 3.63) is 61.7 Å². The van der Waals surface area contributed by atoms with Crippen LogP contribution in [0.15, 0.2) is 16.9 Å². The van der Waals surface area contributed by atoms with E-state index < -0.39 is 11.6 Å². The molecular formula is C27H26FN3O5. The molecule has 2 atom stereocenters. The van der Waals surface area contributed by atoms with E-state index in [4.69, 9.17) is 9.72 Å². The fourth-order valence-electron chi connectivity index (χ4n) is 6.00. The minimum Gasteiger partial charge on any atom is -0.458 e. The molecule has 4 heterocycles. The number of amides is 1. The highest BCUT2D eigenvalue weighted by Gasteiger charge is 2.46. The molecule has 3 aliphatic rings. The summed E-state index contributed by atoms with van der Waals surface area (Å²) in [5, 5.41) is 15.1. The highest BCUT2D eigenvalue weighted by molar-refractivity contribution is 5.94. The van der Waals surface area contributed by atoms with Crippen molar-refractivity contribution >= 4 is 22.8 Å². The summed E-state index contributed by atoms with van der Waals surface area (Å²) in [6.45, 7) is 5.21. The van der Waals surface area contributed by atoms with Gasteiger partial charge in [0.05, 0.1) is 35.1 Å². The Hall–Kier alpha value is -3.59. The third kappa shape index (κ3) is 2.89. The van der Waals surface area contributed by atoms with Gasteiger partial charge in [0, 0.05) is 29.0 Å². The molecule has 0 spiro atoms. The Balaban J connectivity index is 1.66. The van der Waals surface area contributed by atoms with E-state index in [-0.39, 0.29) is 54.0 Å². The van der Waals surface area contributed by atoms with E-state index in [1.807, 2.05) is 0 Å². The van der Waals surface area contributed by atoms with Crippen molar-refractivity contribution in [2.45, 2.75) is 71.2 Å². The molecule has 2 N–H and O–H groups in total. The lowest BCUT2D eigenvalue weighted by Crippen LogP contribution is -2.44. The maximum atomic E-state index is 14.9. The molecule has 0 fully saturated rings. The first-order valence-corrected chi connectivity index (χ1v) is 12.3. The summed E-state index contributed by atoms with van der Waals surface area (Å²) in [5.41, 5.74) is 2.71. The van der Waals surface area contributed by atoms with E-state index in [1.165, 1.54) is 6.07 Å². The van der Waals surface area contributed by atoms with Crippen molar-refractivity contribution in [1.82, 2.24) is 14.9 Å². The number of carbonyl (C=O) groups excluding carboxylic acids is 2. The lowest BCUT2D eigenvalue weighted by Gasteiger charge is -2.31. The Labute approximate surface area is 206 Å². The van der Waals surface area contributed by atoms with Crippen LogP contribution in [0.2, 0.25) is 0 Å². The summed E-state index contributed by atoms with van der Waals surface area (Å²) in [5.74, 6) is -1.23. The number of nitrogens with zero attached hydrogens (tertiary/aromatic N) is 2. The lowest BCUT2D eigenvalue weighted by molar-refractivity contribution is -0.172. The number of rotatable bonds is 3. The Morgan fingerprint density at radius 3 is 2.78 bits per heavy atom. The molecule has 0 radical (unpaired) electrons. The topological polar surface area (TPSA) is 111 Å². The standard InChI is InChI=1S/C27H26FN3O5/c1-4-21(32)29-18-7-6-13-12(3)17(28)9-19-22(13)23(18)14-10-31-20(24(14)30-19)8-16-15(25(31)33)11-36-26(34)27(16,35)5-2/h8-9,18,35H,4-7,10-11H2,1-3H3,(H,29,32)/t18-,27-/m1/s1. The number of ether oxygens (including phenoxy) is 1. The number of hydrogen-bond acceptors (Lipinski definition) is 6. The fourth-order valence-corrected chi connectivity index (χ4v) is 6.00. The molecule has 9 heteroatoms. The van der Waals surface area contributed by atoms with Crippen molar-refractivity contribution < 1.29 is 23.8 Å². The molecule has 36 heavy (non-hydrogen) atoms. The van der Waals surface area contributed by atoms with Crippen LogP contribution in [0, 0.1) is 12.7 Å². The number of fused-ring (bicyclic) bond motifs is 5. The Bertz CT molecular complexity index is 1580. The van der Waals surface area contributed by atoms with Crippen molar-refractivity contribution in [3.8, 4) is 11.4 Å². The molecule has 0 bridgehead atoms. The Morgan fingerprint density at radius 1 is 1.28 bits per heavy atom. The van der Waals surface area contributed by atoms with Gasteiger partial charge in [0.25, 0.3) is 5.56 Å². The monoisotopic (exact) mass is 491 g/mol. The molecule has 0 unspecified atom stereocenters. The minimum absolute atomic E-state index is 0.0456. The van der Waals surface area contributed by atoms with Crippen LogP contribution in [-0.4, -0.2) is 26.5 Å². The molecule has 1 aromatic carbocycles. The Kier molecular flexibility index (Phi) is 4.89. The predicted octanol–water partition coefficient (Wildman–Crippen LogP) is 3.04. The minimum atomic E-state index is -1.93. The van der Waals surface area contributed by atoms with Gasteiger partial charge in [-0.3, -0.25) is 9.59 Å². The zero-order valence-electron chi connectivity index (χ0n) is 20.3. The molecule has 3 aromatic rings. The normalized spacial score (nSPS) is 21.6. The van der Waals surface area contributed by atoms with Gasteiger partial charge in [-0.25, -0.2) is 14.2 Å². The van der Waals surface area contributed by atoms with Crippen LogP contribution in [-0.2, 0) is 39.5 Å². The average Bonchev–Trinajstić information content (AvgIpc) is 3.24. The molecule has 0 saturated carbocycles. The molecule has 8 nitrogen and oxygen atoms in total. The van der Waals surface area contributed by atoms with E-state index in [9.17, 15) is 23.9 Å². The van der Waals surface area contributed by atoms with Crippen LogP contribution in [0.4, 0.5) is 4.39 Å². The van der Waals surface area contributed by atoms with Gasteiger partial charge in [-0.15, -0.1) is 0 Å². The highest BCUT2D eigenvalue weighted by Crippen LogP contribution is 2.45. The largest absolute Gasteiger partial charge is 0.458 e. The summed E-state index contributed by atoms with van der Waals surface area (Å²) >= 11 is 0. The van der Waals surface area contributed by atoms with E-state index in [0.29, 0.717) is 41.7 Å². The number of halogens is 1. The van der Waals surface area contributed by atoms with Crippen molar-refractivity contribution in [3.63, 3.8) is 0 Å². The number of hydrogen-bond donors (Lipinski definition) is 2. The molecular weight excluding hydrogens is 465 g/mol. The summed E-state index contributed by atoms with van der Waals surface area (Å²) in [6, 6.07) is 2.75. The van der Waals surface area contributed by atoms with Crippen LogP contribution in [0.5, 0.6) is 0 Å². The first kappa shape index (κ1) is 22.8. The molecule has 186 valence electrons. The molecule has 6 rings (SSSR count). The van der Waals surface area contributed by atoms with Gasteiger partial charge in [-0.05, 0) is 48.9 Å². The third-order valence-corrected chi connectivity index (χ3v) is 8.03. The van der Waals surface area contributed by atoms with Gasteiger partial charge in [0.2, 0.25) is 5.91 Å². The number of carbonyl (C=O) groups is 2. The lowest BCUT2D eigenvalue weighted by atomic mass is 9.81. The van der Waals surface area contributed by atoms with Gasteiger partial charge in [-0.1, -0.05) is 13.8 Å². The van der Waals surface area contributed by atoms with E-state index >= 15 is 0 Å². The number of pyridine rings is 2. The molecule has 1 aliphatic carbocycles. The molecule has 1 amide bonds. The quantitative estimate of drug-likeness (QED) is 0.426. The maximum absolute atomic E-state index is 14.9. The third-order valence-electron chi connectivity index (χ3n) is 8.03. The molecule has 2 aromatic heterocycles. The van der Waals surface area contributed by atoms with Crippen molar-refractivity contribution in [2.24, 2.45) is 0 Å². The van der Waals surface area contributed by atoms with Gasteiger partial charge < -0.3 is 19.7 Å². The van der Waals surface area contributed by atoms with Crippen LogP contribution in [0.25, 0.3) is 22.3 Å². The average molecular weight is 492 g/mol. The van der Waals surface area contributed by atoms with Crippen LogP contribution in [0.3, 0.4) is 0 Å². The van der Waals surface area contributed by atoms with Gasteiger partial charge in [0.1, 0.15) is 12.4 Å². The van der Waals surface area contributed by atoms with Gasteiger partial charge in [0.15, 0.2) is 5.60 Å². The number of benzene rings is 1. The van der Waals surface area contributed by atoms with Gasteiger partial charge in [-0.2, -0.15) is 0 Å². The summed E-state index contributed by atoms with van der Waals surface area (Å²) in [6.07, 6.45) is 1.59. The SMILES string of the molecule is CCC(=O)N[C@@H]1CCc2c(C)c(F)cc3nc4c(c1c23)Cn1c-4cc2c(c1=O)COC(=O)[C@@]2(O)CC. The van der Waals surface area contributed by atoms with Crippen LogP contribution < -0.4 is 10.9 Å². The maximum Gasteiger partial charge on any atom is 0.343 e. The number of aromatic nitrogens is 2. The Morgan fingerprint density at radius 2 is 2.06 bits per heavy atom. The predicted molar refractivity (Wildman–Crippen MR) is 129 cm³/mol. The summed E-state index contributed by atoms with van der Waals surface area (Å²) in [7, 11) is 0. The van der Waals surface area contributed by atoms with Crippen molar-refractivity contribution in [1.29, 1.82) is 0 Å². The molecule has 0 saturated heterocycles. The smallest absolute Gasteiger partial charge is 0.343 e. The number of aryl methyl sites for hydroxylation is 1. The van der Waals surface area contributed by atoms with E-state index in [0.717, 1.165) is 22.1 Å². The second-order valence-corrected chi connectivity index (χ2v) is 9.82. The van der Waals surface area contributed by atoms with Crippen molar-refractivity contribution in [2.75, 3.05) is 0 Å². The number of aliphatic hydroxyl groups is 1. The second kappa shape index (κ2) is 7.70. The van der Waals surface area contributed by atoms with Crippen LogP contribution >= 0.6 is 0 Å². The van der Waals surface area contributed by atoms with Gasteiger partial charge >= 0.3 is 5.97 Å².